The molecule has 1 aliphatic carbocycles. The fourth-order valence-corrected chi connectivity index (χ4v) is 3.68. The first kappa shape index (κ1) is 14.5. The van der Waals surface area contributed by atoms with Crippen LogP contribution in [0.3, 0.4) is 0 Å². The van der Waals surface area contributed by atoms with Crippen LogP contribution in [0.25, 0.3) is 0 Å². The van der Waals surface area contributed by atoms with Crippen LogP contribution < -0.4 is 5.32 Å². The molecule has 0 bridgehead atoms. The predicted octanol–water partition coefficient (Wildman–Crippen LogP) is 1.74. The number of hydrogen-bond acceptors (Lipinski definition) is 4. The van der Waals surface area contributed by atoms with E-state index < -0.39 is 6.04 Å². The lowest BCUT2D eigenvalue weighted by Crippen LogP contribution is -2.46. The molecule has 2 aliphatic rings. The number of thiophene rings is 1. The highest BCUT2D eigenvalue weighted by atomic mass is 35.5. The van der Waals surface area contributed by atoms with Gasteiger partial charge in [-0.2, -0.15) is 0 Å². The highest BCUT2D eigenvalue weighted by molar-refractivity contribution is 7.16. The number of halogens is 1. The average molecular weight is 327 g/mol. The summed E-state index contributed by atoms with van der Waals surface area (Å²) in [7, 11) is 0. The normalized spacial score (nSPS) is 21.5. The third-order valence-corrected chi connectivity index (χ3v) is 5.01. The zero-order chi connectivity index (χ0) is 15.0. The molecule has 2 fully saturated rings. The first-order valence-corrected chi connectivity index (χ1v) is 8.13. The lowest BCUT2D eigenvalue weighted by molar-refractivity contribution is -0.139. The quantitative estimate of drug-likeness (QED) is 0.838. The number of carbonyl (C=O) groups excluding carboxylic acids is 3. The molecular weight excluding hydrogens is 312 g/mol. The summed E-state index contributed by atoms with van der Waals surface area (Å²) in [6, 6.07) is 3.22. The van der Waals surface area contributed by atoms with Gasteiger partial charge < -0.3 is 4.90 Å². The minimum atomic E-state index is -0.621. The molecule has 1 atom stereocenters. The summed E-state index contributed by atoms with van der Waals surface area (Å²) in [6.07, 6.45) is 2.86. The number of nitrogens with zero attached hydrogens (tertiary/aromatic N) is 1. The smallest absolute Gasteiger partial charge is 0.249 e. The third kappa shape index (κ3) is 3.27. The van der Waals surface area contributed by atoms with Gasteiger partial charge in [-0.05, 0) is 31.4 Å². The van der Waals surface area contributed by atoms with Crippen molar-refractivity contribution in [1.29, 1.82) is 0 Å². The Morgan fingerprint density at radius 1 is 1.38 bits per heavy atom. The summed E-state index contributed by atoms with van der Waals surface area (Å²) < 4.78 is 0.706. The Morgan fingerprint density at radius 3 is 2.67 bits per heavy atom. The van der Waals surface area contributed by atoms with E-state index in [9.17, 15) is 14.4 Å². The molecule has 7 heteroatoms. The van der Waals surface area contributed by atoms with E-state index in [1.165, 1.54) is 11.3 Å². The number of nitrogens with one attached hydrogen (secondary N) is 1. The van der Waals surface area contributed by atoms with E-state index in [1.54, 1.807) is 4.90 Å². The van der Waals surface area contributed by atoms with Crippen LogP contribution in [0.5, 0.6) is 0 Å². The number of imide groups is 1. The zero-order valence-corrected chi connectivity index (χ0v) is 12.9. The van der Waals surface area contributed by atoms with Crippen molar-refractivity contribution in [3.05, 3.63) is 21.3 Å². The van der Waals surface area contributed by atoms with Gasteiger partial charge >= 0.3 is 0 Å². The van der Waals surface area contributed by atoms with Crippen LogP contribution >= 0.6 is 22.9 Å². The van der Waals surface area contributed by atoms with Gasteiger partial charge in [-0.1, -0.05) is 11.6 Å². The van der Waals surface area contributed by atoms with Crippen LogP contribution in [0.15, 0.2) is 12.1 Å². The molecule has 2 heterocycles. The molecule has 1 saturated heterocycles. The number of hydrogen-bond donors (Lipinski definition) is 1. The van der Waals surface area contributed by atoms with Crippen molar-refractivity contribution in [2.45, 2.75) is 44.2 Å². The van der Waals surface area contributed by atoms with Gasteiger partial charge in [-0.3, -0.25) is 19.7 Å². The summed E-state index contributed by atoms with van der Waals surface area (Å²) in [5.41, 5.74) is 0. The minimum absolute atomic E-state index is 0.0585. The molecule has 21 heavy (non-hydrogen) atoms. The lowest BCUT2D eigenvalue weighted by Gasteiger charge is -2.26. The summed E-state index contributed by atoms with van der Waals surface area (Å²) in [5, 5.41) is 2.27. The van der Waals surface area contributed by atoms with E-state index in [0.717, 1.165) is 17.7 Å². The van der Waals surface area contributed by atoms with Crippen LogP contribution in [0.2, 0.25) is 4.34 Å². The van der Waals surface area contributed by atoms with E-state index in [2.05, 4.69) is 5.32 Å². The van der Waals surface area contributed by atoms with E-state index in [0.29, 0.717) is 17.2 Å². The predicted molar refractivity (Wildman–Crippen MR) is 79.1 cm³/mol. The van der Waals surface area contributed by atoms with Gasteiger partial charge in [0.15, 0.2) is 0 Å². The maximum Gasteiger partial charge on any atom is 0.249 e. The van der Waals surface area contributed by atoms with Crippen LogP contribution in [-0.2, 0) is 20.8 Å². The first-order chi connectivity index (χ1) is 10.0. The highest BCUT2D eigenvalue weighted by Gasteiger charge is 2.44. The molecule has 0 aromatic carbocycles. The second-order valence-corrected chi connectivity index (χ2v) is 7.17. The molecule has 1 aliphatic heterocycles. The van der Waals surface area contributed by atoms with E-state index >= 15 is 0 Å². The Bertz CT molecular complexity index is 597. The molecular formula is C14H15ClN2O3S. The van der Waals surface area contributed by atoms with Crippen LogP contribution in [-0.4, -0.2) is 34.7 Å². The number of amides is 3. The van der Waals surface area contributed by atoms with Gasteiger partial charge in [0.2, 0.25) is 17.7 Å². The molecule has 1 N–H and O–H groups in total. The summed E-state index contributed by atoms with van der Waals surface area (Å²) in [6.45, 7) is 0. The second kappa shape index (κ2) is 5.77. The van der Waals surface area contributed by atoms with Crippen molar-refractivity contribution in [2.75, 3.05) is 0 Å². The topological polar surface area (TPSA) is 66.5 Å². The first-order valence-electron chi connectivity index (χ1n) is 6.93. The summed E-state index contributed by atoms with van der Waals surface area (Å²) >= 11 is 7.33. The SMILES string of the molecule is O=C1C[C@H](N(C(=O)CCc2ccc(Cl)s2)C2CC2)C(=O)N1. The van der Waals surface area contributed by atoms with E-state index in [4.69, 9.17) is 11.6 Å². The molecule has 0 unspecified atom stereocenters. The van der Waals surface area contributed by atoms with Crippen LogP contribution in [0.1, 0.15) is 30.6 Å². The van der Waals surface area contributed by atoms with Crippen molar-refractivity contribution in [3.8, 4) is 0 Å². The van der Waals surface area contributed by atoms with Gasteiger partial charge in [0.05, 0.1) is 10.8 Å². The maximum absolute atomic E-state index is 12.5. The standard InChI is InChI=1S/C14H15ClN2O3S/c15-11-5-3-9(21-11)4-6-13(19)17(8-1-2-8)10-7-12(18)16-14(10)20/h3,5,8,10H,1-2,4,6-7H2,(H,16,18,20)/t10-/m0/s1. The van der Waals surface area contributed by atoms with Crippen molar-refractivity contribution in [2.24, 2.45) is 0 Å². The molecule has 0 radical (unpaired) electrons. The Balaban J connectivity index is 1.65. The Kier molecular flexibility index (Phi) is 3.99. The molecule has 3 rings (SSSR count). The van der Waals surface area contributed by atoms with Crippen LogP contribution in [0.4, 0.5) is 0 Å². The number of aryl methyl sites for hydroxylation is 1. The average Bonchev–Trinajstić information content (AvgIpc) is 3.08. The fraction of sp³-hybridized carbons (Fsp3) is 0.500. The molecule has 1 aromatic heterocycles. The fourth-order valence-electron chi connectivity index (χ4n) is 2.59. The lowest BCUT2D eigenvalue weighted by atomic mass is 10.1. The van der Waals surface area contributed by atoms with Gasteiger partial charge in [-0.15, -0.1) is 11.3 Å². The second-order valence-electron chi connectivity index (χ2n) is 5.37. The van der Waals surface area contributed by atoms with Crippen LogP contribution in [0, 0.1) is 0 Å². The third-order valence-electron chi connectivity index (χ3n) is 3.72. The Morgan fingerprint density at radius 2 is 2.14 bits per heavy atom. The van der Waals surface area contributed by atoms with Gasteiger partial charge in [0.25, 0.3) is 0 Å². The highest BCUT2D eigenvalue weighted by Crippen LogP contribution is 2.32. The van der Waals surface area contributed by atoms with Crippen molar-refractivity contribution in [1.82, 2.24) is 10.2 Å². The molecule has 112 valence electrons. The monoisotopic (exact) mass is 326 g/mol. The molecule has 0 spiro atoms. The molecule has 1 aromatic rings. The molecule has 1 saturated carbocycles. The summed E-state index contributed by atoms with van der Waals surface area (Å²) in [5.74, 6) is -0.704. The van der Waals surface area contributed by atoms with Crippen molar-refractivity contribution in [3.63, 3.8) is 0 Å². The van der Waals surface area contributed by atoms with Gasteiger partial charge in [0.1, 0.15) is 6.04 Å². The number of carbonyl (C=O) groups is 3. The minimum Gasteiger partial charge on any atom is -0.327 e. The van der Waals surface area contributed by atoms with Gasteiger partial charge in [-0.25, -0.2) is 0 Å². The maximum atomic E-state index is 12.5. The van der Waals surface area contributed by atoms with Crippen molar-refractivity contribution < 1.29 is 14.4 Å². The Labute approximate surface area is 131 Å². The number of rotatable bonds is 5. The van der Waals surface area contributed by atoms with Crippen molar-refractivity contribution >= 4 is 40.7 Å². The van der Waals surface area contributed by atoms with Gasteiger partial charge in [0, 0.05) is 17.3 Å². The summed E-state index contributed by atoms with van der Waals surface area (Å²) in [4.78, 5) is 38.3. The van der Waals surface area contributed by atoms with E-state index in [1.807, 2.05) is 12.1 Å². The Hall–Kier alpha value is -1.40. The largest absolute Gasteiger partial charge is 0.327 e. The molecule has 5 nitrogen and oxygen atoms in total. The molecule has 3 amide bonds. The zero-order valence-electron chi connectivity index (χ0n) is 11.3. The van der Waals surface area contributed by atoms with E-state index in [-0.39, 0.29) is 30.2 Å².